The monoisotopic (exact) mass is 314 g/mol. The van der Waals surface area contributed by atoms with E-state index in [2.05, 4.69) is 24.0 Å². The molecule has 0 aromatic rings. The molecule has 2 aliphatic rings. The SMILES string of the molecule is CC(C)(C)OC(=O)N1CCCC1CNCC1(C)CCCS1. The summed E-state index contributed by atoms with van der Waals surface area (Å²) < 4.78 is 5.89. The molecule has 2 heterocycles. The highest BCUT2D eigenvalue weighted by atomic mass is 32.2. The average molecular weight is 314 g/mol. The Morgan fingerprint density at radius 3 is 2.81 bits per heavy atom. The molecular weight excluding hydrogens is 284 g/mol. The molecule has 2 atom stereocenters. The average Bonchev–Trinajstić information content (AvgIpc) is 2.96. The van der Waals surface area contributed by atoms with E-state index < -0.39 is 5.60 Å². The zero-order chi connectivity index (χ0) is 15.5. The fourth-order valence-electron chi connectivity index (χ4n) is 3.09. The second-order valence-electron chi connectivity index (χ2n) is 7.50. The molecule has 21 heavy (non-hydrogen) atoms. The van der Waals surface area contributed by atoms with Crippen LogP contribution >= 0.6 is 11.8 Å². The Morgan fingerprint density at radius 1 is 1.43 bits per heavy atom. The number of likely N-dealkylation sites (tertiary alicyclic amines) is 1. The van der Waals surface area contributed by atoms with Crippen molar-refractivity contribution in [1.29, 1.82) is 0 Å². The van der Waals surface area contributed by atoms with Gasteiger partial charge in [-0.15, -0.1) is 0 Å². The molecule has 122 valence electrons. The van der Waals surface area contributed by atoms with Gasteiger partial charge in [-0.25, -0.2) is 4.79 Å². The van der Waals surface area contributed by atoms with Crippen molar-refractivity contribution < 1.29 is 9.53 Å². The van der Waals surface area contributed by atoms with E-state index in [1.54, 1.807) is 0 Å². The van der Waals surface area contributed by atoms with Gasteiger partial charge in [0.1, 0.15) is 5.60 Å². The van der Waals surface area contributed by atoms with Crippen molar-refractivity contribution in [2.45, 2.75) is 69.8 Å². The van der Waals surface area contributed by atoms with Gasteiger partial charge < -0.3 is 15.0 Å². The fraction of sp³-hybridized carbons (Fsp3) is 0.938. The zero-order valence-corrected chi connectivity index (χ0v) is 14.7. The summed E-state index contributed by atoms with van der Waals surface area (Å²) in [6, 6.07) is 0.287. The Morgan fingerprint density at radius 2 is 2.19 bits per heavy atom. The van der Waals surface area contributed by atoms with Crippen molar-refractivity contribution in [1.82, 2.24) is 10.2 Å². The maximum atomic E-state index is 12.2. The first-order valence-corrected chi connectivity index (χ1v) is 9.12. The van der Waals surface area contributed by atoms with E-state index in [1.807, 2.05) is 25.7 Å². The number of thioether (sulfide) groups is 1. The summed E-state index contributed by atoms with van der Waals surface area (Å²) in [6.07, 6.45) is 4.63. The van der Waals surface area contributed by atoms with Gasteiger partial charge in [0, 0.05) is 30.4 Å². The van der Waals surface area contributed by atoms with Gasteiger partial charge in [-0.1, -0.05) is 0 Å². The summed E-state index contributed by atoms with van der Waals surface area (Å²) in [5.74, 6) is 1.28. The molecule has 0 aliphatic carbocycles. The van der Waals surface area contributed by atoms with Crippen LogP contribution in [0.5, 0.6) is 0 Å². The minimum Gasteiger partial charge on any atom is -0.444 e. The highest BCUT2D eigenvalue weighted by Gasteiger charge is 2.33. The molecular formula is C16H30N2O2S. The number of rotatable bonds is 4. The first kappa shape index (κ1) is 16.9. The highest BCUT2D eigenvalue weighted by Crippen LogP contribution is 2.37. The number of ether oxygens (including phenoxy) is 1. The van der Waals surface area contributed by atoms with E-state index in [4.69, 9.17) is 4.74 Å². The minimum absolute atomic E-state index is 0.159. The van der Waals surface area contributed by atoms with Crippen LogP contribution in [-0.4, -0.2) is 52.8 Å². The number of hydrogen-bond acceptors (Lipinski definition) is 4. The van der Waals surface area contributed by atoms with Gasteiger partial charge in [-0.2, -0.15) is 11.8 Å². The number of nitrogens with one attached hydrogen (secondary N) is 1. The molecule has 0 saturated carbocycles. The van der Waals surface area contributed by atoms with Crippen LogP contribution in [0.25, 0.3) is 0 Å². The maximum Gasteiger partial charge on any atom is 0.410 e. The maximum absolute atomic E-state index is 12.2. The van der Waals surface area contributed by atoms with Crippen LogP contribution < -0.4 is 5.32 Å². The third kappa shape index (κ3) is 5.06. The molecule has 2 aliphatic heterocycles. The molecule has 2 saturated heterocycles. The van der Waals surface area contributed by atoms with Gasteiger partial charge in [0.2, 0.25) is 0 Å². The predicted octanol–water partition coefficient (Wildman–Crippen LogP) is 3.26. The van der Waals surface area contributed by atoms with E-state index in [1.165, 1.54) is 18.6 Å². The minimum atomic E-state index is -0.411. The van der Waals surface area contributed by atoms with E-state index in [0.29, 0.717) is 4.75 Å². The first-order chi connectivity index (χ1) is 9.79. The van der Waals surface area contributed by atoms with Crippen LogP contribution in [0.4, 0.5) is 4.79 Å². The van der Waals surface area contributed by atoms with Crippen LogP contribution in [0, 0.1) is 0 Å². The molecule has 1 amide bonds. The Bertz CT molecular complexity index is 362. The molecule has 0 aromatic heterocycles. The molecule has 0 spiro atoms. The largest absolute Gasteiger partial charge is 0.444 e. The molecule has 0 aromatic carbocycles. The second-order valence-corrected chi connectivity index (χ2v) is 9.19. The standard InChI is InChI=1S/C16H30N2O2S/c1-15(2,3)20-14(19)18-9-5-7-13(18)11-17-12-16(4)8-6-10-21-16/h13,17H,5-12H2,1-4H3. The summed E-state index contributed by atoms with van der Waals surface area (Å²) in [4.78, 5) is 14.1. The van der Waals surface area contributed by atoms with Gasteiger partial charge in [0.25, 0.3) is 0 Å². The Kier molecular flexibility index (Phi) is 5.47. The second kappa shape index (κ2) is 6.78. The van der Waals surface area contributed by atoms with Gasteiger partial charge in [0.05, 0.1) is 0 Å². The molecule has 2 fully saturated rings. The van der Waals surface area contributed by atoms with Crippen molar-refractivity contribution in [2.24, 2.45) is 0 Å². The molecule has 2 rings (SSSR count). The summed E-state index contributed by atoms with van der Waals surface area (Å²) in [5.41, 5.74) is -0.411. The van der Waals surface area contributed by atoms with E-state index in [-0.39, 0.29) is 12.1 Å². The normalized spacial score (nSPS) is 29.9. The van der Waals surface area contributed by atoms with E-state index in [0.717, 1.165) is 32.5 Å². The van der Waals surface area contributed by atoms with Crippen molar-refractivity contribution in [2.75, 3.05) is 25.4 Å². The lowest BCUT2D eigenvalue weighted by Crippen LogP contribution is -2.46. The lowest BCUT2D eigenvalue weighted by Gasteiger charge is -2.30. The summed E-state index contributed by atoms with van der Waals surface area (Å²) in [5, 5.41) is 3.59. The Labute approximate surface area is 133 Å². The summed E-state index contributed by atoms with van der Waals surface area (Å²) in [6.45, 7) is 10.9. The molecule has 1 N–H and O–H groups in total. The Hall–Kier alpha value is -0.420. The summed E-state index contributed by atoms with van der Waals surface area (Å²) >= 11 is 2.07. The van der Waals surface area contributed by atoms with Gasteiger partial charge in [-0.3, -0.25) is 0 Å². The van der Waals surface area contributed by atoms with Crippen molar-refractivity contribution >= 4 is 17.9 Å². The Balaban J connectivity index is 1.78. The fourth-order valence-corrected chi connectivity index (χ4v) is 4.36. The van der Waals surface area contributed by atoms with Crippen LogP contribution in [0.1, 0.15) is 53.4 Å². The third-order valence-electron chi connectivity index (χ3n) is 4.18. The predicted molar refractivity (Wildman–Crippen MR) is 88.9 cm³/mol. The highest BCUT2D eigenvalue weighted by molar-refractivity contribution is 8.00. The number of nitrogens with zero attached hydrogens (tertiary/aromatic N) is 1. The van der Waals surface area contributed by atoms with Crippen LogP contribution in [0.2, 0.25) is 0 Å². The zero-order valence-electron chi connectivity index (χ0n) is 13.9. The number of hydrogen-bond donors (Lipinski definition) is 1. The van der Waals surface area contributed by atoms with Crippen LogP contribution in [0.3, 0.4) is 0 Å². The van der Waals surface area contributed by atoms with E-state index in [9.17, 15) is 4.79 Å². The molecule has 0 bridgehead atoms. The van der Waals surface area contributed by atoms with Crippen LogP contribution in [0.15, 0.2) is 0 Å². The topological polar surface area (TPSA) is 41.6 Å². The number of carbonyl (C=O) groups is 1. The van der Waals surface area contributed by atoms with Crippen molar-refractivity contribution in [3.05, 3.63) is 0 Å². The third-order valence-corrected chi connectivity index (χ3v) is 5.72. The molecule has 4 nitrogen and oxygen atoms in total. The molecule has 0 radical (unpaired) electrons. The number of carbonyl (C=O) groups excluding carboxylic acids is 1. The lowest BCUT2D eigenvalue weighted by atomic mass is 10.1. The smallest absolute Gasteiger partial charge is 0.410 e. The van der Waals surface area contributed by atoms with Crippen LogP contribution in [-0.2, 0) is 4.74 Å². The quantitative estimate of drug-likeness (QED) is 0.865. The number of amides is 1. The van der Waals surface area contributed by atoms with Gasteiger partial charge in [0.15, 0.2) is 0 Å². The van der Waals surface area contributed by atoms with Gasteiger partial charge in [-0.05, 0) is 59.1 Å². The van der Waals surface area contributed by atoms with E-state index >= 15 is 0 Å². The molecule has 2 unspecified atom stereocenters. The summed E-state index contributed by atoms with van der Waals surface area (Å²) in [7, 11) is 0. The first-order valence-electron chi connectivity index (χ1n) is 8.13. The van der Waals surface area contributed by atoms with Crippen molar-refractivity contribution in [3.8, 4) is 0 Å². The molecule has 5 heteroatoms. The van der Waals surface area contributed by atoms with Gasteiger partial charge >= 0.3 is 6.09 Å². The van der Waals surface area contributed by atoms with Crippen molar-refractivity contribution in [3.63, 3.8) is 0 Å². The lowest BCUT2D eigenvalue weighted by molar-refractivity contribution is 0.0226.